The van der Waals surface area contributed by atoms with Gasteiger partial charge in [0.2, 0.25) is 0 Å². The maximum Gasteiger partial charge on any atom is 0.119 e. The molecule has 108 valence electrons. The highest BCUT2D eigenvalue weighted by molar-refractivity contribution is 5.44. The normalized spacial score (nSPS) is 25.1. The number of phenols is 1. The second-order valence-corrected chi connectivity index (χ2v) is 6.21. The Morgan fingerprint density at radius 1 is 0.905 bits per heavy atom. The summed E-state index contributed by atoms with van der Waals surface area (Å²) in [6, 6.07) is 17.9. The van der Waals surface area contributed by atoms with Gasteiger partial charge in [0, 0.05) is 12.1 Å². The number of phenolic OH excluding ortho intramolecular Hbond substituents is 1. The van der Waals surface area contributed by atoms with Crippen molar-refractivity contribution in [2.45, 2.75) is 37.8 Å². The maximum atomic E-state index is 10.1. The molecule has 0 aromatic heterocycles. The minimum Gasteiger partial charge on any atom is -0.508 e. The Bertz CT molecular complexity index is 637. The third-order valence-electron chi connectivity index (χ3n) is 5.09. The van der Waals surface area contributed by atoms with Crippen molar-refractivity contribution in [1.82, 2.24) is 4.90 Å². The molecule has 1 aliphatic carbocycles. The minimum atomic E-state index is 0.472. The van der Waals surface area contributed by atoms with Crippen molar-refractivity contribution in [3.63, 3.8) is 0 Å². The van der Waals surface area contributed by atoms with Crippen molar-refractivity contribution in [3.8, 4) is 5.75 Å². The van der Waals surface area contributed by atoms with Gasteiger partial charge in [0.15, 0.2) is 0 Å². The molecule has 0 saturated carbocycles. The second kappa shape index (κ2) is 5.19. The van der Waals surface area contributed by atoms with E-state index >= 15 is 0 Å². The average Bonchev–Trinajstić information content (AvgIpc) is 3.15. The van der Waals surface area contributed by atoms with Crippen LogP contribution in [0.2, 0.25) is 0 Å². The number of hydrogen-bond donors (Lipinski definition) is 1. The van der Waals surface area contributed by atoms with Crippen LogP contribution in [0.25, 0.3) is 0 Å². The number of likely N-dealkylation sites (tertiary alicyclic amines) is 1. The molecular weight excluding hydrogens is 258 g/mol. The van der Waals surface area contributed by atoms with Crippen molar-refractivity contribution >= 4 is 0 Å². The topological polar surface area (TPSA) is 23.5 Å². The van der Waals surface area contributed by atoms with E-state index in [1.807, 2.05) is 12.1 Å². The molecule has 1 heterocycles. The molecule has 2 aromatic rings. The fraction of sp³-hybridized carbons (Fsp3) is 0.368. The van der Waals surface area contributed by atoms with Gasteiger partial charge in [-0.2, -0.15) is 0 Å². The van der Waals surface area contributed by atoms with Crippen molar-refractivity contribution in [2.75, 3.05) is 6.54 Å². The Morgan fingerprint density at radius 3 is 2.62 bits per heavy atom. The highest BCUT2D eigenvalue weighted by atomic mass is 16.3. The highest BCUT2D eigenvalue weighted by Crippen LogP contribution is 2.46. The highest BCUT2D eigenvalue weighted by Gasteiger charge is 2.36. The summed E-state index contributed by atoms with van der Waals surface area (Å²) in [5.74, 6) is 0.477. The van der Waals surface area contributed by atoms with Gasteiger partial charge in [-0.25, -0.2) is 0 Å². The largest absolute Gasteiger partial charge is 0.508 e. The fourth-order valence-electron chi connectivity index (χ4n) is 4.15. The van der Waals surface area contributed by atoms with E-state index in [0.29, 0.717) is 17.8 Å². The molecule has 2 unspecified atom stereocenters. The summed E-state index contributed by atoms with van der Waals surface area (Å²) in [4.78, 5) is 2.65. The first-order valence-corrected chi connectivity index (χ1v) is 7.96. The van der Waals surface area contributed by atoms with Gasteiger partial charge in [-0.05, 0) is 55.0 Å². The quantitative estimate of drug-likeness (QED) is 0.890. The Morgan fingerprint density at radius 2 is 1.76 bits per heavy atom. The van der Waals surface area contributed by atoms with Crippen molar-refractivity contribution in [3.05, 3.63) is 65.2 Å². The summed E-state index contributed by atoms with van der Waals surface area (Å²) in [5, 5.41) is 10.1. The number of rotatable bonds is 2. The van der Waals surface area contributed by atoms with Crippen molar-refractivity contribution < 1.29 is 5.11 Å². The number of benzene rings is 2. The molecule has 1 fully saturated rings. The first-order valence-electron chi connectivity index (χ1n) is 7.96. The van der Waals surface area contributed by atoms with E-state index in [9.17, 15) is 5.11 Å². The molecule has 2 nitrogen and oxygen atoms in total. The molecular formula is C19H21NO. The lowest BCUT2D eigenvalue weighted by molar-refractivity contribution is 0.180. The minimum absolute atomic E-state index is 0.472. The Labute approximate surface area is 126 Å². The summed E-state index contributed by atoms with van der Waals surface area (Å²) < 4.78 is 0. The van der Waals surface area contributed by atoms with Crippen LogP contribution in [-0.2, 0) is 6.42 Å². The molecule has 1 N–H and O–H groups in total. The molecule has 1 aliphatic heterocycles. The van der Waals surface area contributed by atoms with Gasteiger partial charge >= 0.3 is 0 Å². The number of hydrogen-bond acceptors (Lipinski definition) is 2. The van der Waals surface area contributed by atoms with E-state index in [4.69, 9.17) is 0 Å². The maximum absolute atomic E-state index is 10.1. The molecule has 2 aromatic carbocycles. The van der Waals surface area contributed by atoms with Crippen LogP contribution in [0.4, 0.5) is 0 Å². The van der Waals surface area contributed by atoms with Crippen LogP contribution in [0.5, 0.6) is 5.75 Å². The van der Waals surface area contributed by atoms with E-state index in [0.717, 1.165) is 12.8 Å². The summed E-state index contributed by atoms with van der Waals surface area (Å²) in [7, 11) is 0. The first-order chi connectivity index (χ1) is 10.3. The monoisotopic (exact) mass is 279 g/mol. The summed E-state index contributed by atoms with van der Waals surface area (Å²) in [5.41, 5.74) is 3.95. The van der Waals surface area contributed by atoms with E-state index in [1.54, 1.807) is 0 Å². The number of fused-ring (bicyclic) bond motifs is 1. The second-order valence-electron chi connectivity index (χ2n) is 6.21. The lowest BCUT2D eigenvalue weighted by Gasteiger charge is -2.31. The molecule has 2 atom stereocenters. The van der Waals surface area contributed by atoms with E-state index < -0.39 is 0 Å². The summed E-state index contributed by atoms with van der Waals surface area (Å²) in [6.07, 6.45) is 4.65. The van der Waals surface area contributed by atoms with Crippen LogP contribution in [-0.4, -0.2) is 16.6 Å². The van der Waals surface area contributed by atoms with Crippen LogP contribution in [0, 0.1) is 0 Å². The van der Waals surface area contributed by atoms with Crippen LogP contribution in [0.3, 0.4) is 0 Å². The van der Waals surface area contributed by atoms with Gasteiger partial charge < -0.3 is 5.11 Å². The van der Waals surface area contributed by atoms with E-state index in [-0.39, 0.29) is 0 Å². The third kappa shape index (κ3) is 2.14. The molecule has 4 rings (SSSR count). The van der Waals surface area contributed by atoms with E-state index in [1.165, 1.54) is 36.1 Å². The number of nitrogens with zero attached hydrogens (tertiary/aromatic N) is 1. The van der Waals surface area contributed by atoms with Gasteiger partial charge in [-0.1, -0.05) is 42.5 Å². The SMILES string of the molecule is Oc1cccc2c1CCC2N1CCCC1c1ccccc1. The van der Waals surface area contributed by atoms with Crippen LogP contribution in [0.1, 0.15) is 48.0 Å². The summed E-state index contributed by atoms with van der Waals surface area (Å²) in [6.45, 7) is 1.17. The average molecular weight is 279 g/mol. The molecule has 2 aliphatic rings. The molecule has 1 saturated heterocycles. The zero-order valence-corrected chi connectivity index (χ0v) is 12.2. The fourth-order valence-corrected chi connectivity index (χ4v) is 4.15. The predicted octanol–water partition coefficient (Wildman–Crippen LogP) is 4.22. The smallest absolute Gasteiger partial charge is 0.119 e. The standard InChI is InChI=1S/C19H21NO/c21-19-10-4-8-15-16(19)11-12-18(15)20-13-5-9-17(20)14-6-2-1-3-7-14/h1-4,6-8,10,17-18,21H,5,9,11-13H2. The summed E-state index contributed by atoms with van der Waals surface area (Å²) >= 11 is 0. The van der Waals surface area contributed by atoms with Crippen molar-refractivity contribution in [1.29, 1.82) is 0 Å². The van der Waals surface area contributed by atoms with Gasteiger partial charge in [-0.15, -0.1) is 0 Å². The molecule has 2 heteroatoms. The zero-order chi connectivity index (χ0) is 14.2. The van der Waals surface area contributed by atoms with Crippen LogP contribution >= 0.6 is 0 Å². The van der Waals surface area contributed by atoms with E-state index in [2.05, 4.69) is 41.3 Å². The third-order valence-corrected chi connectivity index (χ3v) is 5.09. The molecule has 0 radical (unpaired) electrons. The van der Waals surface area contributed by atoms with Crippen LogP contribution < -0.4 is 0 Å². The van der Waals surface area contributed by atoms with Crippen molar-refractivity contribution in [2.24, 2.45) is 0 Å². The van der Waals surface area contributed by atoms with Gasteiger partial charge in [0.1, 0.15) is 5.75 Å². The molecule has 0 spiro atoms. The van der Waals surface area contributed by atoms with Crippen LogP contribution in [0.15, 0.2) is 48.5 Å². The van der Waals surface area contributed by atoms with Gasteiger partial charge in [0.05, 0.1) is 0 Å². The van der Waals surface area contributed by atoms with Gasteiger partial charge in [0.25, 0.3) is 0 Å². The molecule has 21 heavy (non-hydrogen) atoms. The Balaban J connectivity index is 1.67. The predicted molar refractivity (Wildman–Crippen MR) is 84.3 cm³/mol. The zero-order valence-electron chi connectivity index (χ0n) is 12.2. The Kier molecular flexibility index (Phi) is 3.19. The Hall–Kier alpha value is -1.80. The number of aromatic hydroxyl groups is 1. The molecule has 0 amide bonds. The lowest BCUT2D eigenvalue weighted by atomic mass is 10.0. The van der Waals surface area contributed by atoms with Gasteiger partial charge in [-0.3, -0.25) is 4.90 Å². The lowest BCUT2D eigenvalue weighted by Crippen LogP contribution is -2.27. The molecule has 0 bridgehead atoms. The first kappa shape index (κ1) is 12.9.